The molecule has 0 atom stereocenters. The summed E-state index contributed by atoms with van der Waals surface area (Å²) in [6.45, 7) is 2.54. The highest BCUT2D eigenvalue weighted by molar-refractivity contribution is 7.92. The van der Waals surface area contributed by atoms with Crippen molar-refractivity contribution in [2.24, 2.45) is 0 Å². The van der Waals surface area contributed by atoms with Gasteiger partial charge in [-0.2, -0.15) is 0 Å². The van der Waals surface area contributed by atoms with Crippen LogP contribution in [0.25, 0.3) is 11.0 Å². The zero-order chi connectivity index (χ0) is 24.3. The standard InChI is InChI=1S/C24H24N4O5S/c1-16-7-3-6-10-22(16)33-14-13-28(2)23(29)18-8-4-5-9-19(18)27-34(31,32)17-11-12-20-21(15-17)26-24(30)25-20/h3-12,15,27H,13-14H2,1-2H3,(H2,25,26,30). The number of aromatic nitrogens is 2. The molecule has 1 heterocycles. The molecule has 3 N–H and O–H groups in total. The number of hydrogen-bond acceptors (Lipinski definition) is 5. The number of hydrogen-bond donors (Lipinski definition) is 3. The Morgan fingerprint density at radius 3 is 2.50 bits per heavy atom. The highest BCUT2D eigenvalue weighted by atomic mass is 32.2. The Morgan fingerprint density at radius 1 is 1.00 bits per heavy atom. The number of carbonyl (C=O) groups is 1. The van der Waals surface area contributed by atoms with E-state index in [0.717, 1.165) is 11.3 Å². The summed E-state index contributed by atoms with van der Waals surface area (Å²) in [7, 11) is -2.39. The third kappa shape index (κ3) is 4.96. The van der Waals surface area contributed by atoms with Crippen molar-refractivity contribution in [1.82, 2.24) is 14.9 Å². The molecule has 0 unspecified atom stereocenters. The quantitative estimate of drug-likeness (QED) is 0.357. The molecule has 4 aromatic rings. The highest BCUT2D eigenvalue weighted by Crippen LogP contribution is 2.23. The molecular weight excluding hydrogens is 456 g/mol. The van der Waals surface area contributed by atoms with Gasteiger partial charge in [-0.15, -0.1) is 0 Å². The summed E-state index contributed by atoms with van der Waals surface area (Å²) in [4.78, 5) is 31.1. The predicted molar refractivity (Wildman–Crippen MR) is 130 cm³/mol. The van der Waals surface area contributed by atoms with E-state index in [4.69, 9.17) is 4.74 Å². The van der Waals surface area contributed by atoms with E-state index in [1.807, 2.05) is 31.2 Å². The van der Waals surface area contributed by atoms with E-state index in [1.54, 1.807) is 25.2 Å². The number of aromatic amines is 2. The summed E-state index contributed by atoms with van der Waals surface area (Å²) in [6.07, 6.45) is 0. The van der Waals surface area contributed by atoms with Gasteiger partial charge in [0.1, 0.15) is 12.4 Å². The Kier molecular flexibility index (Phi) is 6.42. The molecule has 1 aromatic heterocycles. The first-order chi connectivity index (χ1) is 16.2. The van der Waals surface area contributed by atoms with Gasteiger partial charge < -0.3 is 19.6 Å². The van der Waals surface area contributed by atoms with E-state index in [-0.39, 0.29) is 28.7 Å². The number of likely N-dealkylation sites (N-methyl/N-ethyl adjacent to an activating group) is 1. The molecule has 9 nitrogen and oxygen atoms in total. The molecule has 0 aliphatic rings. The van der Waals surface area contributed by atoms with Crippen molar-refractivity contribution in [2.75, 3.05) is 24.9 Å². The molecule has 4 rings (SSSR count). The molecule has 3 aromatic carbocycles. The van der Waals surface area contributed by atoms with Crippen LogP contribution in [-0.2, 0) is 10.0 Å². The number of amides is 1. The molecule has 0 bridgehead atoms. The van der Waals surface area contributed by atoms with Gasteiger partial charge in [-0.1, -0.05) is 30.3 Å². The van der Waals surface area contributed by atoms with Crippen LogP contribution < -0.4 is 15.1 Å². The summed E-state index contributed by atoms with van der Waals surface area (Å²) in [5, 5.41) is 0. The zero-order valence-corrected chi connectivity index (χ0v) is 19.5. The molecule has 0 aliphatic carbocycles. The minimum atomic E-state index is -4.02. The van der Waals surface area contributed by atoms with E-state index >= 15 is 0 Å². The van der Waals surface area contributed by atoms with Crippen molar-refractivity contribution in [3.8, 4) is 5.75 Å². The monoisotopic (exact) mass is 480 g/mol. The Morgan fingerprint density at radius 2 is 1.71 bits per heavy atom. The number of para-hydroxylation sites is 2. The number of ether oxygens (including phenoxy) is 1. The lowest BCUT2D eigenvalue weighted by Gasteiger charge is -2.20. The van der Waals surface area contributed by atoms with E-state index in [1.165, 1.54) is 29.2 Å². The van der Waals surface area contributed by atoms with Crippen molar-refractivity contribution < 1.29 is 17.9 Å². The van der Waals surface area contributed by atoms with E-state index in [9.17, 15) is 18.0 Å². The lowest BCUT2D eigenvalue weighted by Crippen LogP contribution is -2.31. The van der Waals surface area contributed by atoms with Crippen molar-refractivity contribution >= 4 is 32.7 Å². The first-order valence-electron chi connectivity index (χ1n) is 10.5. The summed E-state index contributed by atoms with van der Waals surface area (Å²) < 4.78 is 34.3. The van der Waals surface area contributed by atoms with Crippen molar-refractivity contribution in [2.45, 2.75) is 11.8 Å². The second-order valence-electron chi connectivity index (χ2n) is 7.78. The molecular formula is C24H24N4O5S. The number of sulfonamides is 1. The van der Waals surface area contributed by atoms with Gasteiger partial charge in [-0.25, -0.2) is 13.2 Å². The largest absolute Gasteiger partial charge is 0.491 e. The van der Waals surface area contributed by atoms with Crippen LogP contribution in [0.4, 0.5) is 5.69 Å². The molecule has 10 heteroatoms. The normalized spacial score (nSPS) is 11.4. The second kappa shape index (κ2) is 9.44. The lowest BCUT2D eigenvalue weighted by molar-refractivity contribution is 0.0774. The molecule has 34 heavy (non-hydrogen) atoms. The molecule has 176 valence electrons. The van der Waals surface area contributed by atoms with Gasteiger partial charge in [-0.3, -0.25) is 9.52 Å². The SMILES string of the molecule is Cc1ccccc1OCCN(C)C(=O)c1ccccc1NS(=O)(=O)c1ccc2[nH]c(=O)[nH]c2c1. The third-order valence-corrected chi connectivity index (χ3v) is 6.69. The van der Waals surface area contributed by atoms with Crippen LogP contribution in [-0.4, -0.2) is 49.4 Å². The van der Waals surface area contributed by atoms with Crippen LogP contribution in [0.2, 0.25) is 0 Å². The predicted octanol–water partition coefficient (Wildman–Crippen LogP) is 3.12. The highest BCUT2D eigenvalue weighted by Gasteiger charge is 2.21. The smallest absolute Gasteiger partial charge is 0.323 e. The van der Waals surface area contributed by atoms with Crippen LogP contribution in [0.1, 0.15) is 15.9 Å². The number of fused-ring (bicyclic) bond motifs is 1. The summed E-state index contributed by atoms with van der Waals surface area (Å²) >= 11 is 0. The molecule has 0 saturated carbocycles. The molecule has 0 radical (unpaired) electrons. The Labute approximate surface area is 196 Å². The van der Waals surface area contributed by atoms with Gasteiger partial charge in [0.15, 0.2) is 0 Å². The maximum absolute atomic E-state index is 13.1. The van der Waals surface area contributed by atoms with E-state index in [0.29, 0.717) is 17.6 Å². The zero-order valence-electron chi connectivity index (χ0n) is 18.7. The van der Waals surface area contributed by atoms with Gasteiger partial charge >= 0.3 is 5.69 Å². The number of imidazole rings is 1. The third-order valence-electron chi connectivity index (χ3n) is 5.32. The average Bonchev–Trinajstić information content (AvgIpc) is 3.19. The van der Waals surface area contributed by atoms with Gasteiger partial charge in [0, 0.05) is 7.05 Å². The fourth-order valence-electron chi connectivity index (χ4n) is 3.46. The number of nitrogens with one attached hydrogen (secondary N) is 3. The van der Waals surface area contributed by atoms with Gasteiger partial charge in [0.05, 0.1) is 33.7 Å². The number of anilines is 1. The number of nitrogens with zero attached hydrogens (tertiary/aromatic N) is 1. The Hall–Kier alpha value is -4.05. The molecule has 0 fully saturated rings. The maximum atomic E-state index is 13.1. The van der Waals surface area contributed by atoms with Gasteiger partial charge in [0.25, 0.3) is 15.9 Å². The van der Waals surface area contributed by atoms with Gasteiger partial charge in [0.2, 0.25) is 0 Å². The number of H-pyrrole nitrogens is 2. The summed E-state index contributed by atoms with van der Waals surface area (Å²) in [6, 6.07) is 18.2. The molecule has 0 aliphatic heterocycles. The second-order valence-corrected chi connectivity index (χ2v) is 9.46. The van der Waals surface area contributed by atoms with Crippen molar-refractivity contribution in [1.29, 1.82) is 0 Å². The van der Waals surface area contributed by atoms with Crippen molar-refractivity contribution in [3.63, 3.8) is 0 Å². The molecule has 0 saturated heterocycles. The minimum Gasteiger partial charge on any atom is -0.491 e. The number of aryl methyl sites for hydroxylation is 1. The van der Waals surface area contributed by atoms with Crippen LogP contribution in [0.3, 0.4) is 0 Å². The fourth-order valence-corrected chi connectivity index (χ4v) is 4.56. The van der Waals surface area contributed by atoms with Crippen LogP contribution in [0, 0.1) is 6.92 Å². The maximum Gasteiger partial charge on any atom is 0.323 e. The minimum absolute atomic E-state index is 0.0440. The van der Waals surface area contributed by atoms with Crippen molar-refractivity contribution in [3.05, 3.63) is 88.3 Å². The van der Waals surface area contributed by atoms with Crippen LogP contribution in [0.5, 0.6) is 5.75 Å². The number of benzene rings is 3. The average molecular weight is 481 g/mol. The number of rotatable bonds is 8. The lowest BCUT2D eigenvalue weighted by atomic mass is 10.1. The summed E-state index contributed by atoms with van der Waals surface area (Å²) in [5.41, 5.74) is 1.79. The molecule has 0 spiro atoms. The summed E-state index contributed by atoms with van der Waals surface area (Å²) in [5.74, 6) is 0.398. The fraction of sp³-hybridized carbons (Fsp3) is 0.167. The Balaban J connectivity index is 1.49. The Bertz CT molecular complexity index is 1510. The van der Waals surface area contributed by atoms with Crippen LogP contribution in [0.15, 0.2) is 76.4 Å². The molecule has 1 amide bonds. The van der Waals surface area contributed by atoms with E-state index < -0.39 is 15.7 Å². The van der Waals surface area contributed by atoms with Gasteiger partial charge in [-0.05, 0) is 48.9 Å². The number of carbonyl (C=O) groups excluding carboxylic acids is 1. The first kappa shape index (κ1) is 23.1. The first-order valence-corrected chi connectivity index (χ1v) is 12.0. The van der Waals surface area contributed by atoms with Crippen LogP contribution >= 0.6 is 0 Å². The topological polar surface area (TPSA) is 124 Å². The van der Waals surface area contributed by atoms with E-state index in [2.05, 4.69) is 14.7 Å².